The van der Waals surface area contributed by atoms with Gasteiger partial charge in [-0.15, -0.1) is 0 Å². The smallest absolute Gasteiger partial charge is 0.396 e. The van der Waals surface area contributed by atoms with Gasteiger partial charge in [0.15, 0.2) is 0 Å². The Balaban J connectivity index is 2.65. The van der Waals surface area contributed by atoms with Crippen molar-refractivity contribution < 1.29 is 14.3 Å². The Labute approximate surface area is 84.2 Å². The molecule has 0 aromatic carbocycles. The van der Waals surface area contributed by atoms with Crippen LogP contribution in [0.4, 0.5) is 0 Å². The van der Waals surface area contributed by atoms with Crippen LogP contribution < -0.4 is 0 Å². The molecule has 0 bridgehead atoms. The maximum atomic E-state index is 11.5. The van der Waals surface area contributed by atoms with Crippen LogP contribution in [0.1, 0.15) is 26.7 Å². The van der Waals surface area contributed by atoms with Crippen molar-refractivity contribution in [3.05, 3.63) is 0 Å². The lowest BCUT2D eigenvalue weighted by Gasteiger charge is -2.35. The standard InChI is InChI=1S/C10H17NO3/c1-7-4-5-8(2)11(6-7)9(12)10(13)14-3/h7-8H,4-6H2,1-3H3. The van der Waals surface area contributed by atoms with E-state index in [0.717, 1.165) is 12.8 Å². The second-order valence-electron chi connectivity index (χ2n) is 3.98. The topological polar surface area (TPSA) is 46.6 Å². The third-order valence-electron chi connectivity index (χ3n) is 2.74. The molecule has 2 unspecified atom stereocenters. The zero-order chi connectivity index (χ0) is 10.7. The molecule has 0 aliphatic carbocycles. The van der Waals surface area contributed by atoms with E-state index in [-0.39, 0.29) is 6.04 Å². The van der Waals surface area contributed by atoms with Gasteiger partial charge in [-0.25, -0.2) is 4.79 Å². The van der Waals surface area contributed by atoms with Crippen molar-refractivity contribution in [2.75, 3.05) is 13.7 Å². The molecule has 1 aliphatic heterocycles. The van der Waals surface area contributed by atoms with E-state index in [1.165, 1.54) is 7.11 Å². The third kappa shape index (κ3) is 2.25. The highest BCUT2D eigenvalue weighted by Gasteiger charge is 2.31. The summed E-state index contributed by atoms with van der Waals surface area (Å²) >= 11 is 0. The fourth-order valence-corrected chi connectivity index (χ4v) is 1.78. The molecular formula is C10H17NO3. The molecule has 14 heavy (non-hydrogen) atoms. The third-order valence-corrected chi connectivity index (χ3v) is 2.74. The minimum Gasteiger partial charge on any atom is -0.462 e. The van der Waals surface area contributed by atoms with E-state index in [9.17, 15) is 9.59 Å². The lowest BCUT2D eigenvalue weighted by Crippen LogP contribution is -2.48. The number of methoxy groups -OCH3 is 1. The summed E-state index contributed by atoms with van der Waals surface area (Å²) < 4.78 is 4.42. The second-order valence-corrected chi connectivity index (χ2v) is 3.98. The van der Waals surface area contributed by atoms with Crippen molar-refractivity contribution >= 4 is 11.9 Å². The predicted octanol–water partition coefficient (Wildman–Crippen LogP) is 0.806. The van der Waals surface area contributed by atoms with Gasteiger partial charge in [0.05, 0.1) is 7.11 Å². The highest BCUT2D eigenvalue weighted by Crippen LogP contribution is 2.21. The van der Waals surface area contributed by atoms with Crippen LogP contribution in [0.3, 0.4) is 0 Å². The summed E-state index contributed by atoms with van der Waals surface area (Å²) in [6, 6.07) is 0.151. The summed E-state index contributed by atoms with van der Waals surface area (Å²) in [6.45, 7) is 4.71. The van der Waals surface area contributed by atoms with E-state index in [4.69, 9.17) is 0 Å². The molecule has 4 nitrogen and oxygen atoms in total. The molecule has 1 saturated heterocycles. The number of likely N-dealkylation sites (tertiary alicyclic amines) is 1. The van der Waals surface area contributed by atoms with Crippen LogP contribution in [0.5, 0.6) is 0 Å². The molecule has 1 rings (SSSR count). The number of rotatable bonds is 0. The quantitative estimate of drug-likeness (QED) is 0.428. The van der Waals surface area contributed by atoms with Gasteiger partial charge in [0, 0.05) is 12.6 Å². The van der Waals surface area contributed by atoms with E-state index in [1.54, 1.807) is 4.90 Å². The molecule has 0 saturated carbocycles. The molecule has 0 aromatic rings. The highest BCUT2D eigenvalue weighted by atomic mass is 16.5. The summed E-state index contributed by atoms with van der Waals surface area (Å²) in [7, 11) is 1.23. The van der Waals surface area contributed by atoms with Gasteiger partial charge in [0.1, 0.15) is 0 Å². The van der Waals surface area contributed by atoms with Gasteiger partial charge in [-0.1, -0.05) is 6.92 Å². The summed E-state index contributed by atoms with van der Waals surface area (Å²) in [5.74, 6) is -0.794. The highest BCUT2D eigenvalue weighted by molar-refractivity contribution is 6.32. The largest absolute Gasteiger partial charge is 0.462 e. The van der Waals surface area contributed by atoms with Crippen LogP contribution in [-0.2, 0) is 14.3 Å². The Bertz CT molecular complexity index is 240. The molecule has 4 heteroatoms. The number of carbonyl (C=O) groups is 2. The number of ether oxygens (including phenoxy) is 1. The lowest BCUT2D eigenvalue weighted by molar-refractivity contribution is -0.160. The van der Waals surface area contributed by atoms with Gasteiger partial charge in [0.25, 0.3) is 0 Å². The average Bonchev–Trinajstić information content (AvgIpc) is 2.19. The maximum absolute atomic E-state index is 11.5. The Morgan fingerprint density at radius 1 is 1.29 bits per heavy atom. The van der Waals surface area contributed by atoms with Crippen molar-refractivity contribution in [3.63, 3.8) is 0 Å². The molecular weight excluding hydrogens is 182 g/mol. The van der Waals surface area contributed by atoms with Crippen molar-refractivity contribution in [3.8, 4) is 0 Å². The van der Waals surface area contributed by atoms with Crippen LogP contribution in [0.15, 0.2) is 0 Å². The van der Waals surface area contributed by atoms with Gasteiger partial charge >= 0.3 is 11.9 Å². The number of hydrogen-bond donors (Lipinski definition) is 0. The SMILES string of the molecule is COC(=O)C(=O)N1CC(C)CCC1C. The normalized spacial score (nSPS) is 27.2. The van der Waals surface area contributed by atoms with E-state index in [1.807, 2.05) is 6.92 Å². The number of amides is 1. The summed E-state index contributed by atoms with van der Waals surface area (Å²) in [4.78, 5) is 24.2. The van der Waals surface area contributed by atoms with Crippen molar-refractivity contribution in [2.45, 2.75) is 32.7 Å². The molecule has 1 aliphatic rings. The molecule has 0 radical (unpaired) electrons. The van der Waals surface area contributed by atoms with E-state index in [0.29, 0.717) is 12.5 Å². The number of nitrogens with zero attached hydrogens (tertiary/aromatic N) is 1. The molecule has 1 amide bonds. The average molecular weight is 199 g/mol. The fraction of sp³-hybridized carbons (Fsp3) is 0.800. The van der Waals surface area contributed by atoms with Gasteiger partial charge in [-0.2, -0.15) is 0 Å². The molecule has 0 N–H and O–H groups in total. The first-order valence-corrected chi connectivity index (χ1v) is 4.95. The van der Waals surface area contributed by atoms with Crippen LogP contribution >= 0.6 is 0 Å². The molecule has 2 atom stereocenters. The van der Waals surface area contributed by atoms with E-state index in [2.05, 4.69) is 11.7 Å². The number of carbonyl (C=O) groups excluding carboxylic acids is 2. The Morgan fingerprint density at radius 3 is 2.50 bits per heavy atom. The van der Waals surface area contributed by atoms with E-state index < -0.39 is 11.9 Å². The van der Waals surface area contributed by atoms with Crippen LogP contribution in [0.25, 0.3) is 0 Å². The van der Waals surface area contributed by atoms with Gasteiger partial charge in [-0.3, -0.25) is 4.79 Å². The van der Waals surface area contributed by atoms with Gasteiger partial charge in [0.2, 0.25) is 0 Å². The zero-order valence-electron chi connectivity index (χ0n) is 8.95. The minimum absolute atomic E-state index is 0.151. The molecule has 80 valence electrons. The minimum atomic E-state index is -0.758. The first kappa shape index (κ1) is 11.0. The fourth-order valence-electron chi connectivity index (χ4n) is 1.78. The zero-order valence-corrected chi connectivity index (χ0v) is 8.95. The van der Waals surface area contributed by atoms with Gasteiger partial charge in [-0.05, 0) is 25.7 Å². The molecule has 0 aromatic heterocycles. The Hall–Kier alpha value is -1.06. The van der Waals surface area contributed by atoms with Crippen molar-refractivity contribution in [2.24, 2.45) is 5.92 Å². The van der Waals surface area contributed by atoms with Crippen LogP contribution in [-0.4, -0.2) is 36.5 Å². The van der Waals surface area contributed by atoms with Crippen molar-refractivity contribution in [1.29, 1.82) is 0 Å². The lowest BCUT2D eigenvalue weighted by atomic mass is 9.95. The Kier molecular flexibility index (Phi) is 3.49. The number of hydrogen-bond acceptors (Lipinski definition) is 3. The first-order valence-electron chi connectivity index (χ1n) is 4.95. The maximum Gasteiger partial charge on any atom is 0.396 e. The number of esters is 1. The monoisotopic (exact) mass is 199 g/mol. The summed E-state index contributed by atoms with van der Waals surface area (Å²) in [5, 5.41) is 0. The molecule has 1 heterocycles. The van der Waals surface area contributed by atoms with Crippen molar-refractivity contribution in [1.82, 2.24) is 4.90 Å². The van der Waals surface area contributed by atoms with Crippen LogP contribution in [0.2, 0.25) is 0 Å². The molecule has 0 spiro atoms. The first-order chi connectivity index (χ1) is 6.56. The van der Waals surface area contributed by atoms with Crippen LogP contribution in [0, 0.1) is 5.92 Å². The predicted molar refractivity (Wildman–Crippen MR) is 51.6 cm³/mol. The summed E-state index contributed by atoms with van der Waals surface area (Å²) in [6.07, 6.45) is 2.08. The number of piperidine rings is 1. The van der Waals surface area contributed by atoms with E-state index >= 15 is 0 Å². The summed E-state index contributed by atoms with van der Waals surface area (Å²) in [5.41, 5.74) is 0. The van der Waals surface area contributed by atoms with Gasteiger partial charge < -0.3 is 9.64 Å². The second kappa shape index (κ2) is 4.44. The molecule has 1 fully saturated rings. The Morgan fingerprint density at radius 2 is 1.93 bits per heavy atom.